The number of halogens is 1. The van der Waals surface area contributed by atoms with E-state index in [1.54, 1.807) is 12.1 Å². The van der Waals surface area contributed by atoms with Gasteiger partial charge in [0.2, 0.25) is 5.91 Å². The van der Waals surface area contributed by atoms with Crippen molar-refractivity contribution >= 4 is 5.91 Å². The lowest BCUT2D eigenvalue weighted by Gasteiger charge is -2.32. The highest BCUT2D eigenvalue weighted by molar-refractivity contribution is 5.83. The molecule has 1 aliphatic carbocycles. The van der Waals surface area contributed by atoms with Crippen molar-refractivity contribution in [1.82, 2.24) is 10.2 Å². The Hall–Kier alpha value is -1.42. The summed E-state index contributed by atoms with van der Waals surface area (Å²) in [6.45, 7) is 4.53. The van der Waals surface area contributed by atoms with E-state index in [0.29, 0.717) is 6.04 Å². The fraction of sp³-hybridized carbons (Fsp3) is 0.533. The molecule has 1 aromatic carbocycles. The van der Waals surface area contributed by atoms with E-state index in [0.717, 1.165) is 31.6 Å². The maximum atomic E-state index is 13.2. The van der Waals surface area contributed by atoms with E-state index in [4.69, 9.17) is 0 Å². The summed E-state index contributed by atoms with van der Waals surface area (Å²) in [6, 6.07) is 7.00. The van der Waals surface area contributed by atoms with Crippen molar-refractivity contribution in [3.8, 4) is 0 Å². The third-order valence-electron chi connectivity index (χ3n) is 4.06. The van der Waals surface area contributed by atoms with Crippen LogP contribution in [-0.2, 0) is 4.79 Å². The molecular formula is C15H19FN2O. The van der Waals surface area contributed by atoms with Gasteiger partial charge in [-0.3, -0.25) is 4.79 Å². The average molecular weight is 262 g/mol. The van der Waals surface area contributed by atoms with E-state index in [1.165, 1.54) is 6.07 Å². The van der Waals surface area contributed by atoms with Crippen LogP contribution in [0.15, 0.2) is 24.3 Å². The van der Waals surface area contributed by atoms with E-state index in [1.807, 2.05) is 11.0 Å². The SMILES string of the molecule is C[C@@H]1CN(C(=O)[C@@H]2C[C@H]2c2cccc(F)c2)CCN1. The molecule has 1 aromatic rings. The second-order valence-electron chi connectivity index (χ2n) is 5.64. The molecule has 4 heteroatoms. The smallest absolute Gasteiger partial charge is 0.226 e. The Morgan fingerprint density at radius 2 is 2.32 bits per heavy atom. The molecule has 1 amide bonds. The number of carbonyl (C=O) groups excluding carboxylic acids is 1. The first-order valence-electron chi connectivity index (χ1n) is 6.93. The van der Waals surface area contributed by atoms with Crippen LogP contribution in [0.25, 0.3) is 0 Å². The van der Waals surface area contributed by atoms with Crippen molar-refractivity contribution in [2.45, 2.75) is 25.3 Å². The highest BCUT2D eigenvalue weighted by Crippen LogP contribution is 2.48. The molecule has 3 nitrogen and oxygen atoms in total. The average Bonchev–Trinajstić information content (AvgIpc) is 3.18. The van der Waals surface area contributed by atoms with Crippen LogP contribution < -0.4 is 5.32 Å². The summed E-state index contributed by atoms with van der Waals surface area (Å²) in [4.78, 5) is 14.3. The van der Waals surface area contributed by atoms with Crippen LogP contribution in [0.1, 0.15) is 24.8 Å². The second-order valence-corrected chi connectivity index (χ2v) is 5.64. The molecule has 2 fully saturated rings. The molecule has 1 N–H and O–H groups in total. The molecular weight excluding hydrogens is 243 g/mol. The number of carbonyl (C=O) groups is 1. The topological polar surface area (TPSA) is 32.3 Å². The molecule has 2 aliphatic rings. The van der Waals surface area contributed by atoms with Crippen LogP contribution in [0.5, 0.6) is 0 Å². The summed E-state index contributed by atoms with van der Waals surface area (Å²) in [7, 11) is 0. The quantitative estimate of drug-likeness (QED) is 0.880. The standard InChI is InChI=1S/C15H19FN2O/c1-10-9-18(6-5-17-10)15(19)14-8-13(14)11-3-2-4-12(16)7-11/h2-4,7,10,13-14,17H,5-6,8-9H2,1H3/t10-,13+,14-/m1/s1. The maximum absolute atomic E-state index is 13.2. The Bertz CT molecular complexity index is 491. The van der Waals surface area contributed by atoms with Gasteiger partial charge in [-0.1, -0.05) is 12.1 Å². The van der Waals surface area contributed by atoms with Crippen molar-refractivity contribution in [3.63, 3.8) is 0 Å². The van der Waals surface area contributed by atoms with Crippen molar-refractivity contribution in [2.75, 3.05) is 19.6 Å². The molecule has 3 rings (SSSR count). The lowest BCUT2D eigenvalue weighted by molar-refractivity contribution is -0.133. The van der Waals surface area contributed by atoms with E-state index >= 15 is 0 Å². The zero-order valence-corrected chi connectivity index (χ0v) is 11.1. The molecule has 1 heterocycles. The van der Waals surface area contributed by atoms with Crippen molar-refractivity contribution < 1.29 is 9.18 Å². The predicted octanol–water partition coefficient (Wildman–Crippen LogP) is 1.75. The molecule has 0 radical (unpaired) electrons. The normalized spacial score (nSPS) is 30.2. The van der Waals surface area contributed by atoms with E-state index in [-0.39, 0.29) is 23.6 Å². The largest absolute Gasteiger partial charge is 0.340 e. The summed E-state index contributed by atoms with van der Waals surface area (Å²) in [5, 5.41) is 3.33. The van der Waals surface area contributed by atoms with Gasteiger partial charge >= 0.3 is 0 Å². The molecule has 1 saturated carbocycles. The summed E-state index contributed by atoms with van der Waals surface area (Å²) in [5.41, 5.74) is 0.960. The third kappa shape index (κ3) is 2.63. The van der Waals surface area contributed by atoms with Gasteiger partial charge in [0, 0.05) is 31.6 Å². The minimum absolute atomic E-state index is 0.0621. The van der Waals surface area contributed by atoms with Crippen LogP contribution >= 0.6 is 0 Å². The first-order chi connectivity index (χ1) is 9.15. The van der Waals surface area contributed by atoms with Gasteiger partial charge in [0.25, 0.3) is 0 Å². The van der Waals surface area contributed by atoms with Gasteiger partial charge in [-0.2, -0.15) is 0 Å². The van der Waals surface area contributed by atoms with Gasteiger partial charge in [-0.25, -0.2) is 4.39 Å². The van der Waals surface area contributed by atoms with Gasteiger partial charge < -0.3 is 10.2 Å². The Balaban J connectivity index is 1.64. The first kappa shape index (κ1) is 12.6. The number of nitrogens with one attached hydrogen (secondary N) is 1. The van der Waals surface area contributed by atoms with Gasteiger partial charge in [0.15, 0.2) is 0 Å². The van der Waals surface area contributed by atoms with E-state index < -0.39 is 0 Å². The van der Waals surface area contributed by atoms with E-state index in [2.05, 4.69) is 12.2 Å². The zero-order valence-electron chi connectivity index (χ0n) is 11.1. The Morgan fingerprint density at radius 1 is 1.47 bits per heavy atom. The highest BCUT2D eigenvalue weighted by atomic mass is 19.1. The van der Waals surface area contributed by atoms with Gasteiger partial charge in [0.1, 0.15) is 5.82 Å². The van der Waals surface area contributed by atoms with Gasteiger partial charge in [-0.05, 0) is 37.0 Å². The number of piperazine rings is 1. The molecule has 0 unspecified atom stereocenters. The van der Waals surface area contributed by atoms with Crippen molar-refractivity contribution in [1.29, 1.82) is 0 Å². The number of hydrogen-bond donors (Lipinski definition) is 1. The number of nitrogens with zero attached hydrogens (tertiary/aromatic N) is 1. The first-order valence-corrected chi connectivity index (χ1v) is 6.93. The molecule has 3 atom stereocenters. The number of rotatable bonds is 2. The molecule has 1 saturated heterocycles. The summed E-state index contributed by atoms with van der Waals surface area (Å²) in [6.07, 6.45) is 0.862. The zero-order chi connectivity index (χ0) is 13.4. The summed E-state index contributed by atoms with van der Waals surface area (Å²) in [5.74, 6) is 0.300. The maximum Gasteiger partial charge on any atom is 0.226 e. The molecule has 19 heavy (non-hydrogen) atoms. The van der Waals surface area contributed by atoms with Crippen molar-refractivity contribution in [3.05, 3.63) is 35.6 Å². The fourth-order valence-electron chi connectivity index (χ4n) is 2.94. The number of amides is 1. The second kappa shape index (κ2) is 4.93. The van der Waals surface area contributed by atoms with Gasteiger partial charge in [0.05, 0.1) is 0 Å². The molecule has 0 spiro atoms. The minimum Gasteiger partial charge on any atom is -0.340 e. The third-order valence-corrected chi connectivity index (χ3v) is 4.06. The molecule has 0 aromatic heterocycles. The van der Waals surface area contributed by atoms with Crippen LogP contribution in [0.4, 0.5) is 4.39 Å². The predicted molar refractivity (Wildman–Crippen MR) is 71.3 cm³/mol. The Kier molecular flexibility index (Phi) is 3.27. The van der Waals surface area contributed by atoms with Crippen LogP contribution in [-0.4, -0.2) is 36.5 Å². The molecule has 1 aliphatic heterocycles. The number of benzene rings is 1. The number of hydrogen-bond acceptors (Lipinski definition) is 2. The highest BCUT2D eigenvalue weighted by Gasteiger charge is 2.46. The lowest BCUT2D eigenvalue weighted by atomic mass is 10.1. The summed E-state index contributed by atoms with van der Waals surface area (Å²) >= 11 is 0. The monoisotopic (exact) mass is 262 g/mol. The summed E-state index contributed by atoms with van der Waals surface area (Å²) < 4.78 is 13.2. The fourth-order valence-corrected chi connectivity index (χ4v) is 2.94. The van der Waals surface area contributed by atoms with Crippen LogP contribution in [0, 0.1) is 11.7 Å². The minimum atomic E-state index is -0.216. The van der Waals surface area contributed by atoms with Crippen LogP contribution in [0.3, 0.4) is 0 Å². The van der Waals surface area contributed by atoms with Gasteiger partial charge in [-0.15, -0.1) is 0 Å². The Morgan fingerprint density at radius 3 is 3.05 bits per heavy atom. The van der Waals surface area contributed by atoms with Crippen LogP contribution in [0.2, 0.25) is 0 Å². The van der Waals surface area contributed by atoms with Crippen molar-refractivity contribution in [2.24, 2.45) is 5.92 Å². The Labute approximate surface area is 112 Å². The van der Waals surface area contributed by atoms with E-state index in [9.17, 15) is 9.18 Å². The molecule has 0 bridgehead atoms. The molecule has 102 valence electrons. The lowest BCUT2D eigenvalue weighted by Crippen LogP contribution is -2.51.